The molecule has 0 unspecified atom stereocenters. The highest BCUT2D eigenvalue weighted by Gasteiger charge is 2.02. The fourth-order valence-corrected chi connectivity index (χ4v) is 0.604. The van der Waals surface area contributed by atoms with Gasteiger partial charge in [-0.25, -0.2) is 0 Å². The molecule has 0 aromatic rings. The SMILES string of the molecule is CNC(=N)N(C)CC(C)=O. The molecule has 0 atom stereocenters. The summed E-state index contributed by atoms with van der Waals surface area (Å²) in [5.74, 6) is 0.317. The van der Waals surface area contributed by atoms with Gasteiger partial charge in [0.25, 0.3) is 0 Å². The maximum atomic E-state index is 10.5. The summed E-state index contributed by atoms with van der Waals surface area (Å²) in [6.45, 7) is 1.79. The molecule has 0 spiro atoms. The van der Waals surface area contributed by atoms with E-state index in [0.717, 1.165) is 0 Å². The van der Waals surface area contributed by atoms with Gasteiger partial charge in [-0.2, -0.15) is 0 Å². The molecule has 0 aromatic heterocycles. The van der Waals surface area contributed by atoms with E-state index in [9.17, 15) is 4.79 Å². The first-order valence-electron chi connectivity index (χ1n) is 3.04. The van der Waals surface area contributed by atoms with Gasteiger partial charge in [-0.05, 0) is 6.92 Å². The molecule has 0 heterocycles. The summed E-state index contributed by atoms with van der Waals surface area (Å²) >= 11 is 0. The Kier molecular flexibility index (Phi) is 3.46. The van der Waals surface area contributed by atoms with Crippen molar-refractivity contribution in [2.24, 2.45) is 0 Å². The van der Waals surface area contributed by atoms with Crippen LogP contribution in [0.25, 0.3) is 0 Å². The van der Waals surface area contributed by atoms with Crippen LogP contribution in [0, 0.1) is 5.41 Å². The zero-order chi connectivity index (χ0) is 8.15. The predicted molar refractivity (Wildman–Crippen MR) is 40.1 cm³/mol. The van der Waals surface area contributed by atoms with Crippen LogP contribution in [0.1, 0.15) is 6.92 Å². The minimum Gasteiger partial charge on any atom is -0.359 e. The van der Waals surface area contributed by atoms with Crippen molar-refractivity contribution >= 4 is 11.7 Å². The van der Waals surface area contributed by atoms with Crippen molar-refractivity contribution in [1.82, 2.24) is 10.2 Å². The predicted octanol–water partition coefficient (Wildman–Crippen LogP) is -0.339. The van der Waals surface area contributed by atoms with Crippen LogP contribution in [-0.4, -0.2) is 37.3 Å². The third-order valence-electron chi connectivity index (χ3n) is 1.08. The fourth-order valence-electron chi connectivity index (χ4n) is 0.604. The average molecular weight is 143 g/mol. The number of hydrogen-bond acceptors (Lipinski definition) is 2. The molecule has 10 heavy (non-hydrogen) atoms. The molecule has 0 aliphatic carbocycles. The van der Waals surface area contributed by atoms with Gasteiger partial charge in [-0.15, -0.1) is 0 Å². The van der Waals surface area contributed by atoms with Crippen molar-refractivity contribution in [2.45, 2.75) is 6.92 Å². The van der Waals surface area contributed by atoms with Crippen molar-refractivity contribution < 1.29 is 4.79 Å². The molecule has 4 heteroatoms. The van der Waals surface area contributed by atoms with Crippen molar-refractivity contribution in [3.8, 4) is 0 Å². The maximum Gasteiger partial charge on any atom is 0.190 e. The summed E-state index contributed by atoms with van der Waals surface area (Å²) in [6, 6.07) is 0. The fraction of sp³-hybridized carbons (Fsp3) is 0.667. The first-order chi connectivity index (χ1) is 4.57. The molecule has 0 rings (SSSR count). The summed E-state index contributed by atoms with van der Waals surface area (Å²) in [5, 5.41) is 9.83. The molecule has 0 aliphatic heterocycles. The molecular weight excluding hydrogens is 130 g/mol. The molecule has 0 saturated carbocycles. The van der Waals surface area contributed by atoms with E-state index >= 15 is 0 Å². The summed E-state index contributed by atoms with van der Waals surface area (Å²) in [5.41, 5.74) is 0. The van der Waals surface area contributed by atoms with Crippen LogP contribution in [0.2, 0.25) is 0 Å². The number of hydrogen-bond donors (Lipinski definition) is 2. The lowest BCUT2D eigenvalue weighted by Gasteiger charge is -2.16. The molecule has 0 saturated heterocycles. The quantitative estimate of drug-likeness (QED) is 0.411. The molecule has 58 valence electrons. The Morgan fingerprint density at radius 1 is 1.70 bits per heavy atom. The van der Waals surface area contributed by atoms with Gasteiger partial charge in [0.2, 0.25) is 0 Å². The Hall–Kier alpha value is -1.06. The van der Waals surface area contributed by atoms with Gasteiger partial charge < -0.3 is 10.2 Å². The van der Waals surface area contributed by atoms with E-state index in [1.165, 1.54) is 6.92 Å². The summed E-state index contributed by atoms with van der Waals surface area (Å²) in [4.78, 5) is 12.1. The first-order valence-corrected chi connectivity index (χ1v) is 3.04. The van der Waals surface area contributed by atoms with E-state index in [2.05, 4.69) is 5.32 Å². The molecule has 4 nitrogen and oxygen atoms in total. The summed E-state index contributed by atoms with van der Waals surface area (Å²) < 4.78 is 0. The molecule has 0 fully saturated rings. The van der Waals surface area contributed by atoms with Crippen LogP contribution < -0.4 is 5.32 Å². The third-order valence-corrected chi connectivity index (χ3v) is 1.08. The molecule has 2 N–H and O–H groups in total. The third kappa shape index (κ3) is 3.06. The second kappa shape index (κ2) is 3.87. The number of rotatable bonds is 2. The Labute approximate surface area is 60.7 Å². The van der Waals surface area contributed by atoms with Gasteiger partial charge in [-0.1, -0.05) is 0 Å². The number of guanidine groups is 1. The van der Waals surface area contributed by atoms with E-state index in [-0.39, 0.29) is 11.7 Å². The zero-order valence-corrected chi connectivity index (χ0v) is 6.56. The molecule has 0 radical (unpaired) electrons. The Morgan fingerprint density at radius 3 is 2.50 bits per heavy atom. The number of Topliss-reactive ketones (excluding diaryl/α,β-unsaturated/α-hetero) is 1. The molecule has 0 aromatic carbocycles. The van der Waals surface area contributed by atoms with Crippen LogP contribution in [0.5, 0.6) is 0 Å². The van der Waals surface area contributed by atoms with E-state index in [4.69, 9.17) is 5.41 Å². The van der Waals surface area contributed by atoms with E-state index in [1.54, 1.807) is 19.0 Å². The maximum absolute atomic E-state index is 10.5. The number of ketones is 1. The number of nitrogens with one attached hydrogen (secondary N) is 2. The van der Waals surface area contributed by atoms with E-state index in [1.807, 2.05) is 0 Å². The van der Waals surface area contributed by atoms with Crippen LogP contribution in [0.3, 0.4) is 0 Å². The van der Waals surface area contributed by atoms with Gasteiger partial charge >= 0.3 is 0 Å². The van der Waals surface area contributed by atoms with Crippen LogP contribution in [0.4, 0.5) is 0 Å². The van der Waals surface area contributed by atoms with E-state index in [0.29, 0.717) is 6.54 Å². The van der Waals surface area contributed by atoms with Gasteiger partial charge in [0.15, 0.2) is 5.96 Å². The first kappa shape index (κ1) is 8.94. The lowest BCUT2D eigenvalue weighted by atomic mass is 10.4. The topological polar surface area (TPSA) is 56.2 Å². The van der Waals surface area contributed by atoms with Crippen molar-refractivity contribution in [1.29, 1.82) is 5.41 Å². The van der Waals surface area contributed by atoms with Gasteiger partial charge in [-0.3, -0.25) is 10.2 Å². The highest BCUT2D eigenvalue weighted by molar-refractivity contribution is 5.84. The van der Waals surface area contributed by atoms with Gasteiger partial charge in [0.1, 0.15) is 5.78 Å². The Bertz CT molecular complexity index is 144. The highest BCUT2D eigenvalue weighted by atomic mass is 16.1. The Balaban J connectivity index is 3.72. The van der Waals surface area contributed by atoms with Crippen LogP contribution in [-0.2, 0) is 4.79 Å². The minimum atomic E-state index is 0.0579. The lowest BCUT2D eigenvalue weighted by molar-refractivity contribution is -0.117. The number of likely N-dealkylation sites (N-methyl/N-ethyl adjacent to an activating group) is 1. The highest BCUT2D eigenvalue weighted by Crippen LogP contribution is 1.81. The largest absolute Gasteiger partial charge is 0.359 e. The van der Waals surface area contributed by atoms with Crippen molar-refractivity contribution in [2.75, 3.05) is 20.6 Å². The van der Waals surface area contributed by atoms with Crippen molar-refractivity contribution in [3.05, 3.63) is 0 Å². The van der Waals surface area contributed by atoms with E-state index < -0.39 is 0 Å². The van der Waals surface area contributed by atoms with Gasteiger partial charge in [0.05, 0.1) is 6.54 Å². The average Bonchev–Trinajstić information content (AvgIpc) is 1.85. The smallest absolute Gasteiger partial charge is 0.190 e. The minimum absolute atomic E-state index is 0.0579. The molecule has 0 aliphatic rings. The number of carbonyl (C=O) groups is 1. The standard InChI is InChI=1S/C6H13N3O/c1-5(10)4-9(3)6(7)8-2/h4H2,1-3H3,(H2,7,8). The number of nitrogens with zero attached hydrogens (tertiary/aromatic N) is 1. The monoisotopic (exact) mass is 143 g/mol. The number of carbonyl (C=O) groups excluding carboxylic acids is 1. The van der Waals surface area contributed by atoms with Gasteiger partial charge in [0, 0.05) is 14.1 Å². The zero-order valence-electron chi connectivity index (χ0n) is 6.56. The second-order valence-electron chi connectivity index (χ2n) is 2.16. The second-order valence-corrected chi connectivity index (χ2v) is 2.16. The summed E-state index contributed by atoms with van der Waals surface area (Å²) in [7, 11) is 3.35. The summed E-state index contributed by atoms with van der Waals surface area (Å²) in [6.07, 6.45) is 0. The molecule has 0 bridgehead atoms. The molecule has 0 amide bonds. The molecular formula is C6H13N3O. The normalized spacial score (nSPS) is 8.70. The lowest BCUT2D eigenvalue weighted by Crippen LogP contribution is -2.38. The van der Waals surface area contributed by atoms with Crippen molar-refractivity contribution in [3.63, 3.8) is 0 Å². The van der Waals surface area contributed by atoms with Crippen LogP contribution >= 0.6 is 0 Å². The van der Waals surface area contributed by atoms with Crippen LogP contribution in [0.15, 0.2) is 0 Å². The Morgan fingerprint density at radius 2 is 2.20 bits per heavy atom.